The molecule has 1 rings (SSSR count). The van der Waals surface area contributed by atoms with Crippen LogP contribution in [-0.4, -0.2) is 47.1 Å². The first-order valence-electron chi connectivity index (χ1n) is 4.50. The smallest absolute Gasteiger partial charge is 0.161 e. The molecule has 0 aromatic heterocycles. The van der Waals surface area contributed by atoms with Crippen LogP contribution in [0, 0.1) is 0 Å². The molecular weight excluding hydrogens is 182 g/mol. The molecule has 0 saturated carbocycles. The summed E-state index contributed by atoms with van der Waals surface area (Å²) in [4.78, 5) is 9.06. The highest BCUT2D eigenvalue weighted by atomic mass is 32.2. The molecule has 0 saturated heterocycles. The zero-order valence-electron chi connectivity index (χ0n) is 9.16. The maximum atomic E-state index is 4.51. The molecule has 0 radical (unpaired) electrons. The summed E-state index contributed by atoms with van der Waals surface area (Å²) in [6.07, 6.45) is 2.07. The van der Waals surface area contributed by atoms with Gasteiger partial charge in [-0.3, -0.25) is 4.90 Å². The quantitative estimate of drug-likeness (QED) is 0.594. The van der Waals surface area contributed by atoms with E-state index >= 15 is 0 Å². The van der Waals surface area contributed by atoms with Gasteiger partial charge in [-0.2, -0.15) is 0 Å². The van der Waals surface area contributed by atoms with E-state index < -0.39 is 0 Å². The molecular formula is C9H19N3S. The predicted octanol–water partition coefficient (Wildman–Crippen LogP) is 1.67. The van der Waals surface area contributed by atoms with Crippen molar-refractivity contribution in [2.75, 3.05) is 26.6 Å². The van der Waals surface area contributed by atoms with Crippen LogP contribution in [0.5, 0.6) is 0 Å². The van der Waals surface area contributed by atoms with Gasteiger partial charge in [-0.25, -0.2) is 4.99 Å². The third-order valence-corrected chi connectivity index (χ3v) is 3.02. The maximum absolute atomic E-state index is 4.51. The zero-order chi connectivity index (χ0) is 10.1. The Morgan fingerprint density at radius 3 is 2.38 bits per heavy atom. The molecule has 0 N–H and O–H groups in total. The van der Waals surface area contributed by atoms with Crippen LogP contribution in [0.3, 0.4) is 0 Å². The second kappa shape index (κ2) is 3.88. The van der Waals surface area contributed by atoms with Crippen molar-refractivity contribution >= 4 is 16.9 Å². The monoisotopic (exact) mass is 201 g/mol. The van der Waals surface area contributed by atoms with E-state index in [-0.39, 0.29) is 5.54 Å². The average Bonchev–Trinajstić information content (AvgIpc) is 2.02. The fraction of sp³-hybridized carbons (Fsp3) is 0.889. The Hall–Kier alpha value is -0.220. The lowest BCUT2D eigenvalue weighted by molar-refractivity contribution is 0.0895. The minimum Gasteiger partial charge on any atom is -0.341 e. The third kappa shape index (κ3) is 2.61. The highest BCUT2D eigenvalue weighted by Gasteiger charge is 2.25. The van der Waals surface area contributed by atoms with E-state index in [0.29, 0.717) is 0 Å². The Morgan fingerprint density at radius 1 is 1.38 bits per heavy atom. The molecule has 0 fully saturated rings. The van der Waals surface area contributed by atoms with E-state index in [0.717, 1.165) is 18.5 Å². The van der Waals surface area contributed by atoms with Gasteiger partial charge in [-0.15, -0.1) is 0 Å². The Kier molecular flexibility index (Phi) is 3.24. The minimum atomic E-state index is 0.210. The van der Waals surface area contributed by atoms with Gasteiger partial charge in [0.15, 0.2) is 5.17 Å². The van der Waals surface area contributed by atoms with Crippen LogP contribution >= 0.6 is 11.8 Å². The molecule has 0 bridgehead atoms. The molecule has 1 heterocycles. The van der Waals surface area contributed by atoms with Gasteiger partial charge < -0.3 is 4.90 Å². The summed E-state index contributed by atoms with van der Waals surface area (Å²) in [5.41, 5.74) is 0.210. The van der Waals surface area contributed by atoms with E-state index in [4.69, 9.17) is 0 Å². The molecule has 0 spiro atoms. The molecule has 0 atom stereocenters. The maximum Gasteiger partial charge on any atom is 0.161 e. The van der Waals surface area contributed by atoms with Gasteiger partial charge in [-0.05, 0) is 27.0 Å². The van der Waals surface area contributed by atoms with Crippen LogP contribution < -0.4 is 0 Å². The van der Waals surface area contributed by atoms with Gasteiger partial charge in [0.2, 0.25) is 0 Å². The Bertz CT molecular complexity index is 207. The first-order chi connectivity index (χ1) is 5.95. The normalized spacial score (nSPS) is 20.4. The first-order valence-corrected chi connectivity index (χ1v) is 5.72. The van der Waals surface area contributed by atoms with Crippen molar-refractivity contribution < 1.29 is 0 Å². The van der Waals surface area contributed by atoms with Crippen molar-refractivity contribution in [2.45, 2.75) is 26.3 Å². The zero-order valence-corrected chi connectivity index (χ0v) is 9.98. The van der Waals surface area contributed by atoms with E-state index in [1.165, 1.54) is 0 Å². The van der Waals surface area contributed by atoms with Gasteiger partial charge in [0, 0.05) is 12.6 Å². The van der Waals surface area contributed by atoms with Gasteiger partial charge in [0.25, 0.3) is 0 Å². The molecule has 0 aromatic rings. The van der Waals surface area contributed by atoms with Crippen LogP contribution in [0.4, 0.5) is 0 Å². The Labute approximate surface area is 85.2 Å². The third-order valence-electron chi connectivity index (χ3n) is 2.22. The lowest BCUT2D eigenvalue weighted by Gasteiger charge is -2.40. The fourth-order valence-corrected chi connectivity index (χ4v) is 1.83. The van der Waals surface area contributed by atoms with Crippen molar-refractivity contribution in [2.24, 2.45) is 4.99 Å². The van der Waals surface area contributed by atoms with Gasteiger partial charge in [0.05, 0.1) is 13.3 Å². The SMILES string of the molecule is CSC1=NCN(C(C)(C)C)CN1C. The predicted molar refractivity (Wildman–Crippen MR) is 60.0 cm³/mol. The topological polar surface area (TPSA) is 18.8 Å². The minimum absolute atomic E-state index is 0.210. The van der Waals surface area contributed by atoms with Crippen LogP contribution in [0.25, 0.3) is 0 Å². The number of hydrogen-bond acceptors (Lipinski definition) is 4. The highest BCUT2D eigenvalue weighted by molar-refractivity contribution is 8.13. The second-order valence-corrected chi connectivity index (χ2v) is 5.11. The van der Waals surface area contributed by atoms with Gasteiger partial charge >= 0.3 is 0 Å². The lowest BCUT2D eigenvalue weighted by atomic mass is 10.1. The van der Waals surface area contributed by atoms with Crippen molar-refractivity contribution in [1.82, 2.24) is 9.80 Å². The number of amidine groups is 1. The number of aliphatic imine (C=N–C) groups is 1. The van der Waals surface area contributed by atoms with E-state index in [2.05, 4.69) is 48.9 Å². The lowest BCUT2D eigenvalue weighted by Crippen LogP contribution is -2.51. The summed E-state index contributed by atoms with van der Waals surface area (Å²) in [6, 6.07) is 0. The molecule has 4 heteroatoms. The number of thioether (sulfide) groups is 1. The number of nitrogens with zero attached hydrogens (tertiary/aromatic N) is 3. The van der Waals surface area contributed by atoms with Gasteiger partial charge in [0.1, 0.15) is 0 Å². The molecule has 0 amide bonds. The van der Waals surface area contributed by atoms with Crippen molar-refractivity contribution in [3.63, 3.8) is 0 Å². The number of rotatable bonds is 0. The average molecular weight is 201 g/mol. The van der Waals surface area contributed by atoms with Gasteiger partial charge in [-0.1, -0.05) is 11.8 Å². The van der Waals surface area contributed by atoms with Crippen molar-refractivity contribution in [3.05, 3.63) is 0 Å². The molecule has 1 aliphatic rings. The second-order valence-electron chi connectivity index (χ2n) is 4.34. The van der Waals surface area contributed by atoms with E-state index in [9.17, 15) is 0 Å². The summed E-state index contributed by atoms with van der Waals surface area (Å²) in [6.45, 7) is 8.47. The Morgan fingerprint density at radius 2 is 2.00 bits per heavy atom. The number of hydrogen-bond donors (Lipinski definition) is 0. The summed E-state index contributed by atoms with van der Waals surface area (Å²) < 4.78 is 0. The van der Waals surface area contributed by atoms with Crippen molar-refractivity contribution in [3.8, 4) is 0 Å². The highest BCUT2D eigenvalue weighted by Crippen LogP contribution is 2.18. The molecule has 13 heavy (non-hydrogen) atoms. The van der Waals surface area contributed by atoms with Crippen molar-refractivity contribution in [1.29, 1.82) is 0 Å². The summed E-state index contributed by atoms with van der Waals surface area (Å²) >= 11 is 1.72. The molecule has 3 nitrogen and oxygen atoms in total. The van der Waals surface area contributed by atoms with E-state index in [1.54, 1.807) is 11.8 Å². The standard InChI is InChI=1S/C9H19N3S/c1-9(2,3)12-6-10-8(13-5)11(4)7-12/h6-7H2,1-5H3. The van der Waals surface area contributed by atoms with Crippen LogP contribution in [-0.2, 0) is 0 Å². The largest absolute Gasteiger partial charge is 0.341 e. The summed E-state index contributed by atoms with van der Waals surface area (Å²) in [7, 11) is 2.09. The summed E-state index contributed by atoms with van der Waals surface area (Å²) in [5.74, 6) is 0. The molecule has 1 aliphatic heterocycles. The van der Waals surface area contributed by atoms with Crippen LogP contribution in [0.2, 0.25) is 0 Å². The molecule has 0 aromatic carbocycles. The fourth-order valence-electron chi connectivity index (χ4n) is 1.27. The van der Waals surface area contributed by atoms with E-state index in [1.807, 2.05) is 0 Å². The Balaban J connectivity index is 2.66. The summed E-state index contributed by atoms with van der Waals surface area (Å²) in [5, 5.41) is 1.14. The molecule has 76 valence electrons. The molecule has 0 unspecified atom stereocenters. The van der Waals surface area contributed by atoms with Crippen LogP contribution in [0.1, 0.15) is 20.8 Å². The first kappa shape index (κ1) is 10.9. The molecule has 0 aliphatic carbocycles. The van der Waals surface area contributed by atoms with Crippen LogP contribution in [0.15, 0.2) is 4.99 Å².